The number of ether oxygens (including phenoxy) is 1. The van der Waals surface area contributed by atoms with Gasteiger partial charge in [0.2, 0.25) is 0 Å². The van der Waals surface area contributed by atoms with E-state index in [1.807, 2.05) is 12.4 Å². The van der Waals surface area contributed by atoms with Crippen molar-refractivity contribution in [2.75, 3.05) is 0 Å². The van der Waals surface area contributed by atoms with Crippen molar-refractivity contribution in [3.8, 4) is 0 Å². The normalized spacial score (nSPS) is 18.9. The summed E-state index contributed by atoms with van der Waals surface area (Å²) in [5.41, 5.74) is 1.25. The van der Waals surface area contributed by atoms with E-state index in [9.17, 15) is 10.2 Å². The van der Waals surface area contributed by atoms with E-state index in [1.54, 1.807) is 6.33 Å². The zero-order chi connectivity index (χ0) is 27.8. The van der Waals surface area contributed by atoms with Crippen molar-refractivity contribution in [3.05, 3.63) is 24.3 Å². The molecule has 0 radical (unpaired) electrons. The zero-order valence-corrected chi connectivity index (χ0v) is 25.4. The summed E-state index contributed by atoms with van der Waals surface area (Å²) in [6, 6.07) is 0. The number of hydrogen-bond donors (Lipinski definition) is 2. The molecule has 1 aliphatic rings. The first-order valence-electron chi connectivity index (χ1n) is 17.0. The summed E-state index contributed by atoms with van der Waals surface area (Å²) in [5.74, 6) is 0. The van der Waals surface area contributed by atoms with Gasteiger partial charge in [-0.15, -0.1) is 0 Å². The molecule has 0 bridgehead atoms. The van der Waals surface area contributed by atoms with Gasteiger partial charge in [-0.1, -0.05) is 129 Å². The Labute approximate surface area is 241 Å². The Balaban J connectivity index is 1.34. The van der Waals surface area contributed by atoms with Crippen LogP contribution in [-0.4, -0.2) is 44.6 Å². The lowest BCUT2D eigenvalue weighted by atomic mass is 10.00. The van der Waals surface area contributed by atoms with Crippen molar-refractivity contribution in [2.45, 2.75) is 192 Å². The molecule has 1 aromatic rings. The van der Waals surface area contributed by atoms with Crippen LogP contribution in [0.15, 0.2) is 18.7 Å². The van der Waals surface area contributed by atoms with Crippen LogP contribution in [0.4, 0.5) is 0 Å². The highest BCUT2D eigenvalue weighted by molar-refractivity contribution is 5.01. The smallest absolute Gasteiger partial charge is 0.115 e. The molecule has 0 aromatic carbocycles. The fourth-order valence-corrected chi connectivity index (χ4v) is 6.02. The number of aliphatic hydroxyl groups excluding tert-OH is 2. The van der Waals surface area contributed by atoms with E-state index in [4.69, 9.17) is 4.74 Å². The fraction of sp³-hybridized carbons (Fsp3) is 0.882. The highest BCUT2D eigenvalue weighted by Gasteiger charge is 2.33. The molecule has 5 nitrogen and oxygen atoms in total. The van der Waals surface area contributed by atoms with Crippen LogP contribution in [-0.2, 0) is 11.2 Å². The molecule has 0 spiro atoms. The molecule has 1 aliphatic heterocycles. The highest BCUT2D eigenvalue weighted by atomic mass is 16.5. The van der Waals surface area contributed by atoms with Gasteiger partial charge in [-0.25, -0.2) is 9.97 Å². The first kappa shape index (κ1) is 34.2. The van der Waals surface area contributed by atoms with Crippen LogP contribution >= 0.6 is 0 Å². The lowest BCUT2D eigenvalue weighted by molar-refractivity contribution is -0.0786. The number of hydrogen-bond acceptors (Lipinski definition) is 5. The molecule has 39 heavy (non-hydrogen) atoms. The topological polar surface area (TPSA) is 75.5 Å². The summed E-state index contributed by atoms with van der Waals surface area (Å²) >= 11 is 0. The number of unbranched alkanes of at least 4 members (excludes halogenated alkanes) is 18. The molecule has 0 saturated carbocycles. The van der Waals surface area contributed by atoms with E-state index < -0.39 is 0 Å². The molecule has 4 atom stereocenters. The van der Waals surface area contributed by atoms with Gasteiger partial charge in [0, 0.05) is 12.4 Å². The van der Waals surface area contributed by atoms with Gasteiger partial charge in [0.1, 0.15) is 6.33 Å². The number of aryl methyl sites for hydroxylation is 1. The molecular formula is C34H62N2O3. The van der Waals surface area contributed by atoms with E-state index in [0.717, 1.165) is 44.9 Å². The quantitative estimate of drug-likeness (QED) is 0.113. The van der Waals surface area contributed by atoms with Gasteiger partial charge in [0.05, 0.1) is 24.4 Å². The van der Waals surface area contributed by atoms with E-state index in [0.29, 0.717) is 0 Å². The molecule has 5 heteroatoms. The zero-order valence-electron chi connectivity index (χ0n) is 25.4. The van der Waals surface area contributed by atoms with Gasteiger partial charge < -0.3 is 14.9 Å². The molecule has 2 heterocycles. The predicted octanol–water partition coefficient (Wildman–Crippen LogP) is 8.89. The molecule has 2 rings (SSSR count). The third kappa shape index (κ3) is 17.4. The van der Waals surface area contributed by atoms with Crippen LogP contribution in [0.1, 0.15) is 167 Å². The third-order valence-electron chi connectivity index (χ3n) is 8.63. The Kier molecular flexibility index (Phi) is 20.7. The first-order chi connectivity index (χ1) is 19.2. The molecule has 1 aromatic heterocycles. The molecule has 0 amide bonds. The van der Waals surface area contributed by atoms with Crippen LogP contribution in [0.2, 0.25) is 0 Å². The van der Waals surface area contributed by atoms with Crippen LogP contribution < -0.4 is 0 Å². The maximum absolute atomic E-state index is 10.6. The largest absolute Gasteiger partial charge is 0.390 e. The Morgan fingerprint density at radius 1 is 0.615 bits per heavy atom. The second-order valence-corrected chi connectivity index (χ2v) is 12.2. The molecule has 1 saturated heterocycles. The molecular weight excluding hydrogens is 484 g/mol. The van der Waals surface area contributed by atoms with Crippen LogP contribution in [0.25, 0.3) is 0 Å². The minimum absolute atomic E-state index is 0.0735. The standard InChI is InChI=1S/C34H62N2O3/c1-2-3-4-5-6-7-11-14-17-20-23-31(37)33-25-26-34(39-33)32(38)24-21-18-15-12-9-8-10-13-16-19-22-30-27-35-29-36-28-30/h27-29,31-34,37-38H,2-26H2,1H3/t31-,32-,33-,34-/m1/s1. The minimum atomic E-state index is -0.373. The lowest BCUT2D eigenvalue weighted by Crippen LogP contribution is -2.31. The summed E-state index contributed by atoms with van der Waals surface area (Å²) in [7, 11) is 0. The Morgan fingerprint density at radius 2 is 1.00 bits per heavy atom. The minimum Gasteiger partial charge on any atom is -0.390 e. The van der Waals surface area contributed by atoms with E-state index in [-0.39, 0.29) is 24.4 Å². The highest BCUT2D eigenvalue weighted by Crippen LogP contribution is 2.28. The van der Waals surface area contributed by atoms with Crippen LogP contribution in [0.5, 0.6) is 0 Å². The first-order valence-corrected chi connectivity index (χ1v) is 17.0. The molecule has 0 aliphatic carbocycles. The van der Waals surface area contributed by atoms with Crippen molar-refractivity contribution in [1.29, 1.82) is 0 Å². The summed E-state index contributed by atoms with van der Waals surface area (Å²) in [6.45, 7) is 2.27. The average molecular weight is 547 g/mol. The third-order valence-corrected chi connectivity index (χ3v) is 8.63. The van der Waals surface area contributed by atoms with Gasteiger partial charge in [-0.2, -0.15) is 0 Å². The molecule has 226 valence electrons. The molecule has 1 fully saturated rings. The van der Waals surface area contributed by atoms with E-state index in [2.05, 4.69) is 16.9 Å². The SMILES string of the molecule is CCCCCCCCCCCC[C@@H](O)[C@H]1CC[C@H]([C@H](O)CCCCCCCCCCCCc2cncnc2)O1. The van der Waals surface area contributed by atoms with E-state index in [1.165, 1.54) is 121 Å². The maximum atomic E-state index is 10.6. The molecule has 2 N–H and O–H groups in total. The Morgan fingerprint density at radius 3 is 1.44 bits per heavy atom. The van der Waals surface area contributed by atoms with Gasteiger partial charge in [-0.05, 0) is 44.1 Å². The summed E-state index contributed by atoms with van der Waals surface area (Å²) in [4.78, 5) is 8.15. The van der Waals surface area contributed by atoms with E-state index >= 15 is 0 Å². The second kappa shape index (κ2) is 23.6. The number of aromatic nitrogens is 2. The Bertz CT molecular complexity index is 659. The Hall–Kier alpha value is -1.04. The maximum Gasteiger partial charge on any atom is 0.115 e. The fourth-order valence-electron chi connectivity index (χ4n) is 6.02. The molecule has 0 unspecified atom stereocenters. The van der Waals surface area contributed by atoms with Crippen molar-refractivity contribution in [1.82, 2.24) is 9.97 Å². The van der Waals surface area contributed by atoms with Crippen molar-refractivity contribution < 1.29 is 14.9 Å². The van der Waals surface area contributed by atoms with Crippen LogP contribution in [0.3, 0.4) is 0 Å². The second-order valence-electron chi connectivity index (χ2n) is 12.2. The average Bonchev–Trinajstić information content (AvgIpc) is 3.46. The number of rotatable bonds is 26. The summed E-state index contributed by atoms with van der Waals surface area (Å²) in [6.07, 6.45) is 35.0. The monoisotopic (exact) mass is 546 g/mol. The van der Waals surface area contributed by atoms with Crippen molar-refractivity contribution in [2.24, 2.45) is 0 Å². The summed E-state index contributed by atoms with van der Waals surface area (Å²) < 4.78 is 6.10. The van der Waals surface area contributed by atoms with Gasteiger partial charge in [0.15, 0.2) is 0 Å². The predicted molar refractivity (Wildman–Crippen MR) is 163 cm³/mol. The van der Waals surface area contributed by atoms with Crippen LogP contribution in [0, 0.1) is 0 Å². The van der Waals surface area contributed by atoms with Gasteiger partial charge >= 0.3 is 0 Å². The van der Waals surface area contributed by atoms with Gasteiger partial charge in [0.25, 0.3) is 0 Å². The summed E-state index contributed by atoms with van der Waals surface area (Å²) in [5, 5.41) is 21.2. The van der Waals surface area contributed by atoms with Crippen molar-refractivity contribution >= 4 is 0 Å². The van der Waals surface area contributed by atoms with Crippen molar-refractivity contribution in [3.63, 3.8) is 0 Å². The lowest BCUT2D eigenvalue weighted by Gasteiger charge is -2.22. The number of nitrogens with zero attached hydrogens (tertiary/aromatic N) is 2. The number of aliphatic hydroxyl groups is 2. The van der Waals surface area contributed by atoms with Gasteiger partial charge in [-0.3, -0.25) is 0 Å².